The summed E-state index contributed by atoms with van der Waals surface area (Å²) < 4.78 is 0. The van der Waals surface area contributed by atoms with Gasteiger partial charge in [-0.1, -0.05) is 55.5 Å². The maximum atomic E-state index is 13.9. The van der Waals surface area contributed by atoms with Crippen molar-refractivity contribution in [2.24, 2.45) is 11.5 Å². The van der Waals surface area contributed by atoms with Crippen LogP contribution in [0.1, 0.15) is 58.7 Å². The normalized spacial score (nSPS) is 16.3. The molecule has 1 fully saturated rings. The summed E-state index contributed by atoms with van der Waals surface area (Å²) in [6.45, 7) is 8.08. The number of carbonyl (C=O) groups is 4. The Morgan fingerprint density at radius 2 is 1.55 bits per heavy atom. The van der Waals surface area contributed by atoms with Crippen molar-refractivity contribution in [2.45, 2.75) is 90.4 Å². The molecule has 47 heavy (non-hydrogen) atoms. The largest absolute Gasteiger partial charge is 0.508 e. The Bertz CT molecular complexity index is 1580. The van der Waals surface area contributed by atoms with Crippen LogP contribution in [0.5, 0.6) is 5.75 Å². The summed E-state index contributed by atoms with van der Waals surface area (Å²) in [4.78, 5) is 55.3. The minimum Gasteiger partial charge on any atom is -0.508 e. The molecular formula is C37H47N5O5. The number of nitrogens with two attached hydrogens (primary N) is 2. The molecule has 4 unspecified atom stereocenters. The first kappa shape index (κ1) is 35.2. The van der Waals surface area contributed by atoms with Crippen LogP contribution >= 0.6 is 0 Å². The van der Waals surface area contributed by atoms with Crippen LogP contribution in [-0.4, -0.2) is 64.3 Å². The minimum atomic E-state index is -1.03. The zero-order chi connectivity index (χ0) is 34.2. The van der Waals surface area contributed by atoms with Crippen molar-refractivity contribution in [3.63, 3.8) is 0 Å². The number of phenolic OH excluding ortho intramolecular Hbond substituents is 1. The Labute approximate surface area is 276 Å². The van der Waals surface area contributed by atoms with E-state index >= 15 is 0 Å². The number of aromatic hydroxyl groups is 1. The second-order valence-electron chi connectivity index (χ2n) is 12.5. The lowest BCUT2D eigenvalue weighted by molar-refractivity contribution is -0.140. The zero-order valence-electron chi connectivity index (χ0n) is 27.7. The van der Waals surface area contributed by atoms with Gasteiger partial charge in [-0.05, 0) is 97.5 Å². The van der Waals surface area contributed by atoms with Crippen molar-refractivity contribution in [1.82, 2.24) is 15.5 Å². The summed E-state index contributed by atoms with van der Waals surface area (Å²) in [5, 5.41) is 15.6. The van der Waals surface area contributed by atoms with Crippen molar-refractivity contribution in [1.29, 1.82) is 0 Å². The highest BCUT2D eigenvalue weighted by Crippen LogP contribution is 2.24. The van der Waals surface area contributed by atoms with Gasteiger partial charge in [0.05, 0.1) is 6.04 Å². The van der Waals surface area contributed by atoms with E-state index in [0.29, 0.717) is 19.4 Å². The van der Waals surface area contributed by atoms with Crippen LogP contribution in [0.25, 0.3) is 0 Å². The number of nitrogens with zero attached hydrogens (tertiary/aromatic N) is 1. The second kappa shape index (κ2) is 15.7. The predicted molar refractivity (Wildman–Crippen MR) is 181 cm³/mol. The number of likely N-dealkylation sites (tertiary alicyclic amines) is 1. The average Bonchev–Trinajstić information content (AvgIpc) is 3.53. The highest BCUT2D eigenvalue weighted by atomic mass is 16.3. The zero-order valence-corrected chi connectivity index (χ0v) is 27.7. The van der Waals surface area contributed by atoms with Gasteiger partial charge in [0.25, 0.3) is 0 Å². The van der Waals surface area contributed by atoms with Crippen molar-refractivity contribution in [2.75, 3.05) is 6.54 Å². The van der Waals surface area contributed by atoms with Crippen LogP contribution in [0.15, 0.2) is 60.7 Å². The summed E-state index contributed by atoms with van der Waals surface area (Å²) >= 11 is 0. The lowest BCUT2D eigenvalue weighted by Crippen LogP contribution is -2.58. The van der Waals surface area contributed by atoms with Gasteiger partial charge >= 0.3 is 0 Å². The van der Waals surface area contributed by atoms with Gasteiger partial charge in [0.1, 0.15) is 23.9 Å². The number of amides is 4. The Hall–Kier alpha value is -4.70. The van der Waals surface area contributed by atoms with E-state index in [4.69, 9.17) is 11.5 Å². The first-order chi connectivity index (χ1) is 22.4. The molecule has 0 saturated carbocycles. The number of nitrogens with one attached hydrogen (secondary N) is 2. The molecule has 1 saturated heterocycles. The fraction of sp³-hybridized carbons (Fsp3) is 0.405. The Morgan fingerprint density at radius 3 is 2.19 bits per heavy atom. The van der Waals surface area contributed by atoms with Gasteiger partial charge in [-0.15, -0.1) is 0 Å². The van der Waals surface area contributed by atoms with E-state index in [1.54, 1.807) is 12.1 Å². The molecule has 0 radical (unpaired) electrons. The number of aryl methyl sites for hydroxylation is 4. The third-order valence-electron chi connectivity index (χ3n) is 9.13. The summed E-state index contributed by atoms with van der Waals surface area (Å²) in [7, 11) is 0. The molecule has 0 aliphatic carbocycles. The number of hydrogen-bond acceptors (Lipinski definition) is 6. The summed E-state index contributed by atoms with van der Waals surface area (Å²) in [6, 6.07) is 14.7. The molecule has 0 spiro atoms. The minimum absolute atomic E-state index is 0.150. The van der Waals surface area contributed by atoms with Gasteiger partial charge in [-0.25, -0.2) is 0 Å². The molecule has 4 rings (SSSR count). The molecule has 10 nitrogen and oxygen atoms in total. The Kier molecular flexibility index (Phi) is 11.8. The highest BCUT2D eigenvalue weighted by molar-refractivity contribution is 5.95. The molecule has 3 aromatic carbocycles. The molecule has 1 aliphatic rings. The van der Waals surface area contributed by atoms with Crippen LogP contribution in [0.4, 0.5) is 0 Å². The lowest BCUT2D eigenvalue weighted by Gasteiger charge is -2.29. The first-order valence-electron chi connectivity index (χ1n) is 16.3. The van der Waals surface area contributed by atoms with E-state index < -0.39 is 41.9 Å². The number of phenols is 1. The third-order valence-corrected chi connectivity index (χ3v) is 9.13. The predicted octanol–water partition coefficient (Wildman–Crippen LogP) is 2.68. The first-order valence-corrected chi connectivity index (χ1v) is 16.3. The average molecular weight is 642 g/mol. The van der Waals surface area contributed by atoms with Crippen LogP contribution in [0.3, 0.4) is 0 Å². The molecule has 0 aromatic heterocycles. The standard InChI is InChI=1S/C37H47N5O5/c1-5-26-14-9-11-22(2)29(26)21-32(35(45)40-31(34(39)44)19-25-12-7-6-8-13-25)41-36(46)33-15-10-16-42(33)37(47)30(38)20-28-23(3)17-27(43)18-24(28)4/h6-9,11-14,17-18,30-33,43H,5,10,15-16,19-21,38H2,1-4H3,(H2,39,44)(H,40,45)(H,41,46). The quantitative estimate of drug-likeness (QED) is 0.192. The molecule has 1 heterocycles. The summed E-state index contributed by atoms with van der Waals surface area (Å²) in [6.07, 6.45) is 2.44. The van der Waals surface area contributed by atoms with E-state index in [1.807, 2.05) is 76.2 Å². The van der Waals surface area contributed by atoms with E-state index in [0.717, 1.165) is 45.4 Å². The molecule has 250 valence electrons. The number of hydrogen-bond donors (Lipinski definition) is 5. The van der Waals surface area contributed by atoms with Gasteiger partial charge in [0, 0.05) is 19.4 Å². The monoisotopic (exact) mass is 641 g/mol. The molecule has 4 atom stereocenters. The van der Waals surface area contributed by atoms with Crippen molar-refractivity contribution >= 4 is 23.6 Å². The third kappa shape index (κ3) is 8.77. The summed E-state index contributed by atoms with van der Waals surface area (Å²) in [5.41, 5.74) is 18.5. The van der Waals surface area contributed by atoms with Gasteiger partial charge in [0.2, 0.25) is 23.6 Å². The van der Waals surface area contributed by atoms with Crippen LogP contribution in [-0.2, 0) is 44.9 Å². The Balaban J connectivity index is 1.55. The molecule has 4 amide bonds. The fourth-order valence-corrected chi connectivity index (χ4v) is 6.53. The van der Waals surface area contributed by atoms with Gasteiger partial charge in [0.15, 0.2) is 0 Å². The molecule has 0 bridgehead atoms. The van der Waals surface area contributed by atoms with Crippen LogP contribution < -0.4 is 22.1 Å². The van der Waals surface area contributed by atoms with Crippen molar-refractivity contribution in [3.8, 4) is 5.75 Å². The number of rotatable bonds is 13. The van der Waals surface area contributed by atoms with E-state index in [1.165, 1.54) is 4.90 Å². The topological polar surface area (TPSA) is 168 Å². The molecule has 7 N–H and O–H groups in total. The maximum absolute atomic E-state index is 13.9. The maximum Gasteiger partial charge on any atom is 0.243 e. The second-order valence-corrected chi connectivity index (χ2v) is 12.5. The molecular weight excluding hydrogens is 594 g/mol. The number of benzene rings is 3. The van der Waals surface area contributed by atoms with E-state index in [9.17, 15) is 24.3 Å². The molecule has 10 heteroatoms. The fourth-order valence-electron chi connectivity index (χ4n) is 6.53. The highest BCUT2D eigenvalue weighted by Gasteiger charge is 2.38. The number of primary amides is 1. The lowest BCUT2D eigenvalue weighted by atomic mass is 9.93. The van der Waals surface area contributed by atoms with E-state index in [-0.39, 0.29) is 30.9 Å². The van der Waals surface area contributed by atoms with Gasteiger partial charge < -0.3 is 32.1 Å². The Morgan fingerprint density at radius 1 is 0.872 bits per heavy atom. The molecule has 1 aliphatic heterocycles. The SMILES string of the molecule is CCc1cccc(C)c1CC(NC(=O)C1CCCN1C(=O)C(N)Cc1c(C)cc(O)cc1C)C(=O)NC(Cc1ccccc1)C(N)=O. The molecule has 3 aromatic rings. The van der Waals surface area contributed by atoms with Gasteiger partial charge in [-0.3, -0.25) is 19.2 Å². The smallest absolute Gasteiger partial charge is 0.243 e. The van der Waals surface area contributed by atoms with Crippen LogP contribution in [0, 0.1) is 20.8 Å². The summed E-state index contributed by atoms with van der Waals surface area (Å²) in [5.74, 6) is -1.87. The van der Waals surface area contributed by atoms with Gasteiger partial charge in [-0.2, -0.15) is 0 Å². The van der Waals surface area contributed by atoms with Crippen LogP contribution in [0.2, 0.25) is 0 Å². The number of carbonyl (C=O) groups excluding carboxylic acids is 4. The van der Waals surface area contributed by atoms with Crippen molar-refractivity contribution < 1.29 is 24.3 Å². The van der Waals surface area contributed by atoms with Crippen molar-refractivity contribution in [3.05, 3.63) is 99.6 Å². The van der Waals surface area contributed by atoms with E-state index in [2.05, 4.69) is 10.6 Å².